The highest BCUT2D eigenvalue weighted by atomic mass is 32.1. The summed E-state index contributed by atoms with van der Waals surface area (Å²) < 4.78 is 44.5. The van der Waals surface area contributed by atoms with Gasteiger partial charge in [-0.15, -0.1) is 0 Å². The third kappa shape index (κ3) is 3.32. The van der Waals surface area contributed by atoms with Crippen LogP contribution in [0.5, 0.6) is 0 Å². The topological polar surface area (TPSA) is 56.6 Å². The van der Waals surface area contributed by atoms with E-state index in [-0.39, 0.29) is 10.8 Å². The molecule has 0 N–H and O–H groups in total. The summed E-state index contributed by atoms with van der Waals surface area (Å²) in [6, 6.07) is 4.61. The van der Waals surface area contributed by atoms with Gasteiger partial charge in [0.25, 0.3) is 5.91 Å². The van der Waals surface area contributed by atoms with E-state index in [1.807, 2.05) is 0 Å². The fourth-order valence-electron chi connectivity index (χ4n) is 2.62. The van der Waals surface area contributed by atoms with E-state index in [1.165, 1.54) is 19.2 Å². The molecule has 1 fully saturated rings. The maximum Gasteiger partial charge on any atom is 0.417 e. The van der Waals surface area contributed by atoms with Crippen LogP contribution < -0.4 is 4.90 Å². The molecule has 2 rings (SSSR count). The average molecular weight is 371 g/mol. The normalized spacial score (nSPS) is 17.2. The Labute approximate surface area is 148 Å². The zero-order chi connectivity index (χ0) is 19.0. The number of amides is 1. The summed E-state index contributed by atoms with van der Waals surface area (Å²) in [6.07, 6.45) is -4.71. The zero-order valence-electron chi connectivity index (χ0n) is 13.8. The first-order valence-corrected chi connectivity index (χ1v) is 7.73. The van der Waals surface area contributed by atoms with Gasteiger partial charge < -0.3 is 9.64 Å². The number of ether oxygens (including phenoxy) is 1. The van der Waals surface area contributed by atoms with E-state index in [2.05, 4.69) is 0 Å². The Bertz CT molecular complexity index is 756. The van der Waals surface area contributed by atoms with Crippen LogP contribution in [0.25, 0.3) is 0 Å². The summed E-state index contributed by atoms with van der Waals surface area (Å²) in [6.45, 7) is 3.93. The molecular weight excluding hydrogens is 355 g/mol. The predicted molar refractivity (Wildman–Crippen MR) is 88.9 cm³/mol. The van der Waals surface area contributed by atoms with Crippen LogP contribution in [0.3, 0.4) is 0 Å². The molecular formula is C16H16F3N3O2S. The van der Waals surface area contributed by atoms with Crippen molar-refractivity contribution < 1.29 is 22.7 Å². The number of benzene rings is 1. The number of rotatable bonds is 4. The van der Waals surface area contributed by atoms with Crippen molar-refractivity contribution >= 4 is 28.9 Å². The van der Waals surface area contributed by atoms with Gasteiger partial charge >= 0.3 is 6.18 Å². The van der Waals surface area contributed by atoms with Crippen LogP contribution in [0.2, 0.25) is 0 Å². The molecule has 0 aromatic heterocycles. The van der Waals surface area contributed by atoms with E-state index in [9.17, 15) is 18.0 Å². The van der Waals surface area contributed by atoms with Crippen LogP contribution in [0.4, 0.5) is 18.9 Å². The van der Waals surface area contributed by atoms with Crippen LogP contribution >= 0.6 is 12.2 Å². The molecule has 1 aliphatic rings. The molecule has 1 aromatic carbocycles. The second-order valence-electron chi connectivity index (χ2n) is 5.97. The highest BCUT2D eigenvalue weighted by Gasteiger charge is 2.49. The van der Waals surface area contributed by atoms with Crippen LogP contribution in [0.1, 0.15) is 25.0 Å². The number of nitrogens with zero attached hydrogens (tertiary/aromatic N) is 3. The summed E-state index contributed by atoms with van der Waals surface area (Å²) >= 11 is 5.31. The molecule has 9 heteroatoms. The minimum Gasteiger partial charge on any atom is -0.383 e. The van der Waals surface area contributed by atoms with Crippen molar-refractivity contribution in [2.45, 2.75) is 25.6 Å². The molecule has 0 saturated carbocycles. The number of carbonyl (C=O) groups excluding carboxylic acids is 1. The third-order valence-corrected chi connectivity index (χ3v) is 4.43. The molecule has 0 atom stereocenters. The number of anilines is 1. The lowest BCUT2D eigenvalue weighted by molar-refractivity contribution is -0.137. The molecule has 1 saturated heterocycles. The van der Waals surface area contributed by atoms with Gasteiger partial charge in [-0.2, -0.15) is 18.4 Å². The van der Waals surface area contributed by atoms with Gasteiger partial charge in [0, 0.05) is 13.7 Å². The summed E-state index contributed by atoms with van der Waals surface area (Å²) in [7, 11) is 1.50. The van der Waals surface area contributed by atoms with Crippen molar-refractivity contribution in [3.63, 3.8) is 0 Å². The van der Waals surface area contributed by atoms with Gasteiger partial charge in [0.2, 0.25) is 0 Å². The fraction of sp³-hybridized carbons (Fsp3) is 0.438. The molecule has 25 heavy (non-hydrogen) atoms. The number of carbonyl (C=O) groups is 1. The molecule has 0 radical (unpaired) electrons. The molecule has 0 unspecified atom stereocenters. The molecule has 5 nitrogen and oxygen atoms in total. The van der Waals surface area contributed by atoms with Crippen LogP contribution in [-0.2, 0) is 15.7 Å². The van der Waals surface area contributed by atoms with Crippen molar-refractivity contribution in [3.05, 3.63) is 29.3 Å². The first kappa shape index (κ1) is 19.1. The van der Waals surface area contributed by atoms with E-state index < -0.39 is 28.7 Å². The monoisotopic (exact) mass is 371 g/mol. The summed E-state index contributed by atoms with van der Waals surface area (Å²) in [5.74, 6) is -0.438. The van der Waals surface area contributed by atoms with Gasteiger partial charge in [-0.25, -0.2) is 0 Å². The van der Waals surface area contributed by atoms with E-state index in [4.69, 9.17) is 22.2 Å². The largest absolute Gasteiger partial charge is 0.417 e. The number of halogens is 3. The van der Waals surface area contributed by atoms with E-state index in [0.717, 1.165) is 17.0 Å². The molecule has 0 spiro atoms. The molecule has 1 amide bonds. The molecule has 134 valence electrons. The van der Waals surface area contributed by atoms with Gasteiger partial charge in [-0.3, -0.25) is 9.69 Å². The van der Waals surface area contributed by atoms with E-state index in [0.29, 0.717) is 13.2 Å². The molecule has 0 aliphatic carbocycles. The van der Waals surface area contributed by atoms with Crippen molar-refractivity contribution in [1.29, 1.82) is 5.26 Å². The van der Waals surface area contributed by atoms with Gasteiger partial charge in [-0.1, -0.05) is 0 Å². The molecule has 1 aromatic rings. The highest BCUT2D eigenvalue weighted by molar-refractivity contribution is 7.80. The van der Waals surface area contributed by atoms with Gasteiger partial charge in [-0.05, 0) is 44.3 Å². The Hall–Kier alpha value is -2.18. The standard InChI is InChI=1S/C16H16F3N3O2S/c1-15(2)13(23)22(14(25)21(15)6-7-24-3)11-5-4-10(9-20)12(8-11)16(17,18)19/h4-5,8H,6-7H2,1-3H3. The SMILES string of the molecule is COCCN1C(=S)N(c2ccc(C#N)c(C(F)(F)F)c2)C(=O)C1(C)C. The number of hydrogen-bond donors (Lipinski definition) is 0. The third-order valence-electron chi connectivity index (χ3n) is 4.03. The lowest BCUT2D eigenvalue weighted by atomic mass is 10.0. The molecule has 1 heterocycles. The summed E-state index contributed by atoms with van der Waals surface area (Å²) in [5.41, 5.74) is -2.64. The van der Waals surface area contributed by atoms with Crippen LogP contribution in [-0.4, -0.2) is 41.7 Å². The van der Waals surface area contributed by atoms with Gasteiger partial charge in [0.1, 0.15) is 5.54 Å². The zero-order valence-corrected chi connectivity index (χ0v) is 14.7. The van der Waals surface area contributed by atoms with Crippen molar-refractivity contribution in [2.24, 2.45) is 0 Å². The number of methoxy groups -OCH3 is 1. The summed E-state index contributed by atoms with van der Waals surface area (Å²) in [5, 5.41) is 8.99. The molecule has 0 bridgehead atoms. The number of alkyl halides is 3. The van der Waals surface area contributed by atoms with Crippen molar-refractivity contribution in [3.8, 4) is 6.07 Å². The number of nitriles is 1. The Balaban J connectivity index is 2.50. The fourth-order valence-corrected chi connectivity index (χ4v) is 3.13. The smallest absolute Gasteiger partial charge is 0.383 e. The first-order valence-electron chi connectivity index (χ1n) is 7.32. The van der Waals surface area contributed by atoms with Crippen molar-refractivity contribution in [1.82, 2.24) is 4.90 Å². The number of hydrogen-bond acceptors (Lipinski definition) is 4. The molecule has 1 aliphatic heterocycles. The lowest BCUT2D eigenvalue weighted by Crippen LogP contribution is -2.45. The highest BCUT2D eigenvalue weighted by Crippen LogP contribution is 2.37. The Morgan fingerprint density at radius 2 is 2.00 bits per heavy atom. The van der Waals surface area contributed by atoms with Gasteiger partial charge in [0.05, 0.1) is 29.5 Å². The average Bonchev–Trinajstić information content (AvgIpc) is 2.70. The Kier molecular flexibility index (Phi) is 5.06. The second-order valence-corrected chi connectivity index (χ2v) is 6.33. The van der Waals surface area contributed by atoms with Crippen molar-refractivity contribution in [2.75, 3.05) is 25.2 Å². The predicted octanol–water partition coefficient (Wildman–Crippen LogP) is 2.94. The maximum absolute atomic E-state index is 13.2. The van der Waals surface area contributed by atoms with E-state index >= 15 is 0 Å². The quantitative estimate of drug-likeness (QED) is 0.762. The summed E-state index contributed by atoms with van der Waals surface area (Å²) in [4.78, 5) is 15.4. The van der Waals surface area contributed by atoms with Gasteiger partial charge in [0.15, 0.2) is 5.11 Å². The maximum atomic E-state index is 13.2. The van der Waals surface area contributed by atoms with Crippen LogP contribution in [0.15, 0.2) is 18.2 Å². The second kappa shape index (κ2) is 6.61. The van der Waals surface area contributed by atoms with E-state index in [1.54, 1.807) is 18.7 Å². The minimum absolute atomic E-state index is 0.0192. The minimum atomic E-state index is -4.71. The first-order chi connectivity index (χ1) is 11.6. The Morgan fingerprint density at radius 1 is 1.36 bits per heavy atom. The van der Waals surface area contributed by atoms with Crippen LogP contribution in [0, 0.1) is 11.3 Å². The number of thiocarbonyl (C=S) groups is 1. The Morgan fingerprint density at radius 3 is 2.52 bits per heavy atom. The lowest BCUT2D eigenvalue weighted by Gasteiger charge is -2.28.